The molecule has 20 heavy (non-hydrogen) atoms. The highest BCUT2D eigenvalue weighted by Gasteiger charge is 2.53. The highest BCUT2D eigenvalue weighted by Crippen LogP contribution is 2.42. The van der Waals surface area contributed by atoms with Crippen LogP contribution in [0, 0.1) is 5.92 Å². The predicted octanol–water partition coefficient (Wildman–Crippen LogP) is 2.05. The molecule has 0 aromatic heterocycles. The van der Waals surface area contributed by atoms with E-state index in [1.165, 1.54) is 6.42 Å². The predicted molar refractivity (Wildman–Crippen MR) is 79.8 cm³/mol. The molecule has 4 nitrogen and oxygen atoms in total. The molecule has 2 rings (SSSR count). The van der Waals surface area contributed by atoms with Gasteiger partial charge >= 0.3 is 0 Å². The zero-order valence-corrected chi connectivity index (χ0v) is 13.7. The fraction of sp³-hybridized carbons (Fsp3) is 1.00. The Morgan fingerprint density at radius 3 is 2.30 bits per heavy atom. The lowest BCUT2D eigenvalue weighted by molar-refractivity contribution is -0.0915. The first-order chi connectivity index (χ1) is 9.26. The summed E-state index contributed by atoms with van der Waals surface area (Å²) in [5, 5.41) is 10.6. The van der Waals surface area contributed by atoms with E-state index in [9.17, 15) is 5.11 Å². The van der Waals surface area contributed by atoms with E-state index in [0.717, 1.165) is 32.7 Å². The minimum Gasteiger partial charge on any atom is -0.390 e. The van der Waals surface area contributed by atoms with Crippen molar-refractivity contribution in [1.29, 1.82) is 0 Å². The quantitative estimate of drug-likeness (QED) is 0.839. The smallest absolute Gasteiger partial charge is 0.0896 e. The molecule has 0 radical (unpaired) electrons. The maximum Gasteiger partial charge on any atom is 0.0896 e. The molecule has 4 heteroatoms. The Bertz CT molecular complexity index is 324. The van der Waals surface area contributed by atoms with Gasteiger partial charge in [-0.05, 0) is 47.1 Å². The molecule has 2 aliphatic rings. The molecule has 2 heterocycles. The van der Waals surface area contributed by atoms with E-state index in [0.29, 0.717) is 6.10 Å². The Hall–Kier alpha value is -0.160. The molecule has 0 bridgehead atoms. The molecule has 2 saturated heterocycles. The van der Waals surface area contributed by atoms with Gasteiger partial charge in [-0.25, -0.2) is 0 Å². The zero-order chi connectivity index (χ0) is 15.0. The first-order valence-electron chi connectivity index (χ1n) is 7.98. The number of hydrogen-bond donors (Lipinski definition) is 1. The summed E-state index contributed by atoms with van der Waals surface area (Å²) in [4.78, 5) is 2.40. The van der Waals surface area contributed by atoms with Gasteiger partial charge in [-0.3, -0.25) is 0 Å². The second-order valence-electron chi connectivity index (χ2n) is 7.35. The molecule has 1 N–H and O–H groups in total. The molecule has 0 aliphatic carbocycles. The van der Waals surface area contributed by atoms with Crippen LogP contribution >= 0.6 is 0 Å². The van der Waals surface area contributed by atoms with Gasteiger partial charge in [-0.15, -0.1) is 0 Å². The second-order valence-corrected chi connectivity index (χ2v) is 7.35. The highest BCUT2D eigenvalue weighted by atomic mass is 16.5. The second kappa shape index (κ2) is 5.91. The number of ether oxygens (including phenoxy) is 2. The molecule has 2 aliphatic heterocycles. The van der Waals surface area contributed by atoms with Crippen molar-refractivity contribution in [3.8, 4) is 0 Å². The minimum atomic E-state index is -0.461. The molecule has 0 aromatic carbocycles. The largest absolute Gasteiger partial charge is 0.390 e. The number of hydrogen-bond acceptors (Lipinski definition) is 4. The van der Waals surface area contributed by atoms with Gasteiger partial charge in [-0.2, -0.15) is 0 Å². The molecule has 118 valence electrons. The van der Waals surface area contributed by atoms with Crippen LogP contribution in [0.5, 0.6) is 0 Å². The third kappa shape index (κ3) is 3.35. The van der Waals surface area contributed by atoms with Gasteiger partial charge < -0.3 is 19.5 Å². The lowest BCUT2D eigenvalue weighted by atomic mass is 9.84. The first-order valence-corrected chi connectivity index (χ1v) is 7.98. The fourth-order valence-corrected chi connectivity index (χ4v) is 3.69. The maximum atomic E-state index is 10.6. The van der Waals surface area contributed by atoms with Crippen LogP contribution < -0.4 is 0 Å². The number of likely N-dealkylation sites (N-methyl/N-ethyl adjacent to an activating group) is 1. The topological polar surface area (TPSA) is 41.9 Å². The van der Waals surface area contributed by atoms with Gasteiger partial charge in [0.05, 0.1) is 23.4 Å². The summed E-state index contributed by atoms with van der Waals surface area (Å²) in [5.74, 6) is 0.138. The van der Waals surface area contributed by atoms with Crippen molar-refractivity contribution in [2.75, 3.05) is 26.2 Å². The van der Waals surface area contributed by atoms with Gasteiger partial charge in [0.2, 0.25) is 0 Å². The molecule has 0 amide bonds. The van der Waals surface area contributed by atoms with Gasteiger partial charge in [0.15, 0.2) is 0 Å². The van der Waals surface area contributed by atoms with Gasteiger partial charge in [0.1, 0.15) is 0 Å². The third-order valence-electron chi connectivity index (χ3n) is 4.90. The summed E-state index contributed by atoms with van der Waals surface area (Å²) in [6, 6.07) is 0. The van der Waals surface area contributed by atoms with Crippen LogP contribution in [0.4, 0.5) is 0 Å². The summed E-state index contributed by atoms with van der Waals surface area (Å²) < 4.78 is 11.8. The number of aliphatic hydroxyl groups is 1. The van der Waals surface area contributed by atoms with E-state index >= 15 is 0 Å². The van der Waals surface area contributed by atoms with Crippen LogP contribution in [-0.2, 0) is 9.47 Å². The number of nitrogens with zero attached hydrogens (tertiary/aromatic N) is 1. The Kier molecular flexibility index (Phi) is 4.80. The minimum absolute atomic E-state index is 0.138. The molecular formula is C16H31NO3. The molecule has 2 fully saturated rings. The monoisotopic (exact) mass is 285 g/mol. The molecular weight excluding hydrogens is 254 g/mol. The molecule has 3 atom stereocenters. The zero-order valence-electron chi connectivity index (χ0n) is 13.7. The standard InChI is InChI=1S/C16H31NO3/c1-6-17(10-12-8-7-9-19-12)11-13-14(18)16(4,5)20-15(13,2)3/h12-14,18H,6-11H2,1-5H3. The lowest BCUT2D eigenvalue weighted by Crippen LogP contribution is -2.45. The SMILES string of the molecule is CCN(CC1CCCO1)CC1C(O)C(C)(C)OC1(C)C. The Labute approximate surface area is 123 Å². The van der Waals surface area contributed by atoms with Crippen LogP contribution in [0.25, 0.3) is 0 Å². The van der Waals surface area contributed by atoms with E-state index in [1.54, 1.807) is 0 Å². The summed E-state index contributed by atoms with van der Waals surface area (Å²) in [5.41, 5.74) is -0.746. The van der Waals surface area contributed by atoms with Crippen molar-refractivity contribution < 1.29 is 14.6 Å². The summed E-state index contributed by atoms with van der Waals surface area (Å²) in [6.07, 6.45) is 2.28. The highest BCUT2D eigenvalue weighted by molar-refractivity contribution is 5.02. The molecule has 3 unspecified atom stereocenters. The average Bonchev–Trinajstić information content (AvgIpc) is 2.88. The van der Waals surface area contributed by atoms with E-state index < -0.39 is 11.7 Å². The lowest BCUT2D eigenvalue weighted by Gasteiger charge is -2.33. The Morgan fingerprint density at radius 2 is 1.85 bits per heavy atom. The first kappa shape index (κ1) is 16.2. The summed E-state index contributed by atoms with van der Waals surface area (Å²) >= 11 is 0. The molecule has 0 spiro atoms. The fourth-order valence-electron chi connectivity index (χ4n) is 3.69. The summed E-state index contributed by atoms with van der Waals surface area (Å²) in [6.45, 7) is 14.0. The van der Waals surface area contributed by atoms with Crippen molar-refractivity contribution in [3.63, 3.8) is 0 Å². The van der Waals surface area contributed by atoms with Crippen molar-refractivity contribution in [2.45, 2.75) is 70.9 Å². The van der Waals surface area contributed by atoms with E-state index in [-0.39, 0.29) is 11.5 Å². The van der Waals surface area contributed by atoms with Crippen molar-refractivity contribution in [2.24, 2.45) is 5.92 Å². The number of aliphatic hydroxyl groups excluding tert-OH is 1. The van der Waals surface area contributed by atoms with Gasteiger partial charge in [-0.1, -0.05) is 6.92 Å². The van der Waals surface area contributed by atoms with Gasteiger partial charge in [0.25, 0.3) is 0 Å². The van der Waals surface area contributed by atoms with E-state index in [4.69, 9.17) is 9.47 Å². The average molecular weight is 285 g/mol. The van der Waals surface area contributed by atoms with Crippen molar-refractivity contribution >= 4 is 0 Å². The Balaban J connectivity index is 1.98. The van der Waals surface area contributed by atoms with Crippen LogP contribution in [0.1, 0.15) is 47.5 Å². The Morgan fingerprint density at radius 1 is 1.15 bits per heavy atom. The van der Waals surface area contributed by atoms with Crippen LogP contribution in [0.3, 0.4) is 0 Å². The van der Waals surface area contributed by atoms with Gasteiger partial charge in [0, 0.05) is 25.6 Å². The van der Waals surface area contributed by atoms with Crippen molar-refractivity contribution in [3.05, 3.63) is 0 Å². The maximum absolute atomic E-state index is 10.6. The van der Waals surface area contributed by atoms with Crippen LogP contribution in [-0.4, -0.2) is 59.7 Å². The van der Waals surface area contributed by atoms with E-state index in [1.807, 2.05) is 13.8 Å². The van der Waals surface area contributed by atoms with Crippen molar-refractivity contribution in [1.82, 2.24) is 4.90 Å². The number of rotatable bonds is 5. The van der Waals surface area contributed by atoms with E-state index in [2.05, 4.69) is 25.7 Å². The molecule has 0 aromatic rings. The van der Waals surface area contributed by atoms with Crippen LogP contribution in [0.15, 0.2) is 0 Å². The normalized spacial score (nSPS) is 35.9. The van der Waals surface area contributed by atoms with Crippen LogP contribution in [0.2, 0.25) is 0 Å². The third-order valence-corrected chi connectivity index (χ3v) is 4.90. The summed E-state index contributed by atoms with van der Waals surface area (Å²) in [7, 11) is 0. The molecule has 0 saturated carbocycles.